The zero-order chi connectivity index (χ0) is 15.7. The quantitative estimate of drug-likeness (QED) is 0.860. The van der Waals surface area contributed by atoms with Crippen LogP contribution in [0.1, 0.15) is 51.4 Å². The number of carbonyl (C=O) groups excluding carboxylic acids is 1. The number of likely N-dealkylation sites (tertiary alicyclic amines) is 1. The molecule has 4 fully saturated rings. The highest BCUT2D eigenvalue weighted by Gasteiger charge is 2.39. The van der Waals surface area contributed by atoms with Crippen molar-refractivity contribution in [1.82, 2.24) is 15.1 Å². The maximum atomic E-state index is 12.6. The molecule has 2 saturated carbocycles. The van der Waals surface area contributed by atoms with Crippen molar-refractivity contribution in [2.75, 3.05) is 38.5 Å². The van der Waals surface area contributed by atoms with Gasteiger partial charge in [-0.1, -0.05) is 19.3 Å². The van der Waals surface area contributed by atoms with Crippen LogP contribution in [0.15, 0.2) is 0 Å². The number of nitrogens with zero attached hydrogens (tertiary/aromatic N) is 2. The lowest BCUT2D eigenvalue weighted by atomic mass is 9.87. The molecule has 5 heteroatoms. The standard InChI is InChI=1S/C18H31N3OS/c22-17(19-12-15-6-9-20(13-15)16-4-5-16)21-10-11-23-18(14-21)7-2-1-3-8-18/h15-16H,1-14H2,(H,19,22)/t15-/m1/s1. The van der Waals surface area contributed by atoms with Gasteiger partial charge in [0.15, 0.2) is 0 Å². The molecular formula is C18H31N3OS. The topological polar surface area (TPSA) is 35.6 Å². The summed E-state index contributed by atoms with van der Waals surface area (Å²) in [6, 6.07) is 1.07. The summed E-state index contributed by atoms with van der Waals surface area (Å²) in [6.45, 7) is 5.22. The largest absolute Gasteiger partial charge is 0.338 e. The molecule has 0 unspecified atom stereocenters. The van der Waals surface area contributed by atoms with Crippen LogP contribution in [-0.4, -0.2) is 65.1 Å². The number of carbonyl (C=O) groups is 1. The molecule has 0 aromatic heterocycles. The van der Waals surface area contributed by atoms with Crippen molar-refractivity contribution < 1.29 is 4.79 Å². The van der Waals surface area contributed by atoms with E-state index in [0.717, 1.165) is 31.4 Å². The van der Waals surface area contributed by atoms with Crippen LogP contribution < -0.4 is 5.32 Å². The van der Waals surface area contributed by atoms with Crippen molar-refractivity contribution in [2.24, 2.45) is 5.92 Å². The Morgan fingerprint density at radius 3 is 2.74 bits per heavy atom. The first kappa shape index (κ1) is 16.1. The molecule has 0 radical (unpaired) electrons. The summed E-state index contributed by atoms with van der Waals surface area (Å²) in [5.41, 5.74) is 0. The predicted octanol–water partition coefficient (Wildman–Crippen LogP) is 2.93. The number of hydrogen-bond acceptors (Lipinski definition) is 3. The summed E-state index contributed by atoms with van der Waals surface area (Å²) in [4.78, 5) is 17.3. The molecule has 4 aliphatic rings. The van der Waals surface area contributed by atoms with Gasteiger partial charge in [-0.2, -0.15) is 11.8 Å². The van der Waals surface area contributed by atoms with Crippen LogP contribution in [0, 0.1) is 5.92 Å². The van der Waals surface area contributed by atoms with Crippen LogP contribution in [0.5, 0.6) is 0 Å². The molecule has 0 aromatic carbocycles. The maximum absolute atomic E-state index is 12.6. The van der Waals surface area contributed by atoms with Crippen LogP contribution in [-0.2, 0) is 0 Å². The van der Waals surface area contributed by atoms with Gasteiger partial charge in [0.1, 0.15) is 0 Å². The predicted molar refractivity (Wildman–Crippen MR) is 95.9 cm³/mol. The number of hydrogen-bond donors (Lipinski definition) is 1. The van der Waals surface area contributed by atoms with Crippen LogP contribution >= 0.6 is 11.8 Å². The number of nitrogens with one attached hydrogen (secondary N) is 1. The summed E-state index contributed by atoms with van der Waals surface area (Å²) in [6.07, 6.45) is 10.7. The Kier molecular flexibility index (Phi) is 4.77. The molecular weight excluding hydrogens is 306 g/mol. The highest BCUT2D eigenvalue weighted by molar-refractivity contribution is 8.00. The summed E-state index contributed by atoms with van der Waals surface area (Å²) in [7, 11) is 0. The van der Waals surface area contributed by atoms with Gasteiger partial charge in [0.2, 0.25) is 0 Å². The second-order valence-corrected chi connectivity index (χ2v) is 9.64. The molecule has 1 spiro atoms. The molecule has 2 saturated heterocycles. The Bertz CT molecular complexity index is 428. The van der Waals surface area contributed by atoms with Gasteiger partial charge >= 0.3 is 6.03 Å². The zero-order valence-corrected chi connectivity index (χ0v) is 15.1. The smallest absolute Gasteiger partial charge is 0.317 e. The highest BCUT2D eigenvalue weighted by atomic mass is 32.2. The van der Waals surface area contributed by atoms with E-state index in [0.29, 0.717) is 10.7 Å². The lowest BCUT2D eigenvalue weighted by Crippen LogP contribution is -2.53. The third-order valence-corrected chi connectivity index (χ3v) is 7.76. The second-order valence-electron chi connectivity index (χ2n) is 8.08. The van der Waals surface area contributed by atoms with Crippen molar-refractivity contribution in [3.05, 3.63) is 0 Å². The minimum atomic E-state index is 0.195. The van der Waals surface area contributed by atoms with Gasteiger partial charge in [-0.15, -0.1) is 0 Å². The maximum Gasteiger partial charge on any atom is 0.317 e. The molecule has 1 N–H and O–H groups in total. The Labute approximate surface area is 144 Å². The average Bonchev–Trinajstić information content (AvgIpc) is 3.32. The van der Waals surface area contributed by atoms with E-state index >= 15 is 0 Å². The van der Waals surface area contributed by atoms with Crippen molar-refractivity contribution in [2.45, 2.75) is 62.2 Å². The first-order valence-corrected chi connectivity index (χ1v) is 10.6. The fourth-order valence-corrected chi connectivity index (χ4v) is 6.23. The zero-order valence-electron chi connectivity index (χ0n) is 14.3. The van der Waals surface area contributed by atoms with Gasteiger partial charge in [0.25, 0.3) is 0 Å². The summed E-state index contributed by atoms with van der Waals surface area (Å²) >= 11 is 2.13. The van der Waals surface area contributed by atoms with Crippen molar-refractivity contribution in [1.29, 1.82) is 0 Å². The van der Waals surface area contributed by atoms with E-state index in [4.69, 9.17) is 0 Å². The van der Waals surface area contributed by atoms with Gasteiger partial charge in [0.05, 0.1) is 0 Å². The second kappa shape index (κ2) is 6.83. The molecule has 1 atom stereocenters. The fourth-order valence-electron chi connectivity index (χ4n) is 4.66. The van der Waals surface area contributed by atoms with Crippen molar-refractivity contribution >= 4 is 17.8 Å². The van der Waals surface area contributed by atoms with Gasteiger partial charge in [-0.05, 0) is 44.6 Å². The van der Waals surface area contributed by atoms with Gasteiger partial charge in [-0.3, -0.25) is 0 Å². The SMILES string of the molecule is O=C(NC[C@H]1CCN(C2CC2)C1)N1CCSC2(CCCCC2)C1. The Morgan fingerprint density at radius 2 is 1.96 bits per heavy atom. The molecule has 2 aliphatic heterocycles. The van der Waals surface area contributed by atoms with E-state index in [1.807, 2.05) is 0 Å². The average molecular weight is 338 g/mol. The Hall–Kier alpha value is -0.420. The summed E-state index contributed by atoms with van der Waals surface area (Å²) in [5.74, 6) is 1.79. The first-order chi connectivity index (χ1) is 11.2. The van der Waals surface area contributed by atoms with E-state index in [1.54, 1.807) is 0 Å². The molecule has 23 heavy (non-hydrogen) atoms. The minimum absolute atomic E-state index is 0.195. The van der Waals surface area contributed by atoms with Crippen LogP contribution in [0.4, 0.5) is 4.79 Å². The van der Waals surface area contributed by atoms with E-state index in [-0.39, 0.29) is 6.03 Å². The lowest BCUT2D eigenvalue weighted by molar-refractivity contribution is 0.183. The molecule has 4 rings (SSSR count). The molecule has 2 heterocycles. The number of urea groups is 1. The van der Waals surface area contributed by atoms with Crippen molar-refractivity contribution in [3.63, 3.8) is 0 Å². The Morgan fingerprint density at radius 1 is 1.13 bits per heavy atom. The summed E-state index contributed by atoms with van der Waals surface area (Å²) in [5, 5.41) is 3.25. The van der Waals surface area contributed by atoms with Crippen LogP contribution in [0.2, 0.25) is 0 Å². The van der Waals surface area contributed by atoms with Gasteiger partial charge < -0.3 is 15.1 Å². The third-order valence-electron chi connectivity index (χ3n) is 6.22. The fraction of sp³-hybridized carbons (Fsp3) is 0.944. The lowest BCUT2D eigenvalue weighted by Gasteiger charge is -2.44. The monoisotopic (exact) mass is 337 g/mol. The Balaban J connectivity index is 1.24. The molecule has 2 aliphatic carbocycles. The molecule has 0 bridgehead atoms. The van der Waals surface area contributed by atoms with Crippen LogP contribution in [0.25, 0.3) is 0 Å². The van der Waals surface area contributed by atoms with E-state index in [9.17, 15) is 4.79 Å². The van der Waals surface area contributed by atoms with Gasteiger partial charge in [-0.25, -0.2) is 4.79 Å². The minimum Gasteiger partial charge on any atom is -0.338 e. The first-order valence-electron chi connectivity index (χ1n) is 9.65. The molecule has 0 aromatic rings. The number of thioether (sulfide) groups is 1. The van der Waals surface area contributed by atoms with E-state index < -0.39 is 0 Å². The van der Waals surface area contributed by atoms with E-state index in [2.05, 4.69) is 26.9 Å². The molecule has 4 nitrogen and oxygen atoms in total. The van der Waals surface area contributed by atoms with Crippen molar-refractivity contribution in [3.8, 4) is 0 Å². The third kappa shape index (κ3) is 3.81. The van der Waals surface area contributed by atoms with E-state index in [1.165, 1.54) is 64.5 Å². The molecule has 130 valence electrons. The number of amides is 2. The normalized spacial score (nSPS) is 31.5. The van der Waals surface area contributed by atoms with Crippen LogP contribution in [0.3, 0.4) is 0 Å². The van der Waals surface area contributed by atoms with Gasteiger partial charge in [0, 0.05) is 42.7 Å². The number of rotatable bonds is 3. The summed E-state index contributed by atoms with van der Waals surface area (Å²) < 4.78 is 0.379. The highest BCUT2D eigenvalue weighted by Crippen LogP contribution is 2.42. The molecule has 2 amide bonds.